The van der Waals surface area contributed by atoms with Gasteiger partial charge in [0.05, 0.1) is 18.8 Å². The molecule has 0 radical (unpaired) electrons. The van der Waals surface area contributed by atoms with E-state index in [-0.39, 0.29) is 17.7 Å². The van der Waals surface area contributed by atoms with Gasteiger partial charge in [0, 0.05) is 25.4 Å². The molecule has 0 bridgehead atoms. The molecular formula is C26H36N2O3. The van der Waals surface area contributed by atoms with Crippen LogP contribution in [0.1, 0.15) is 51.7 Å². The molecule has 0 saturated carbocycles. The van der Waals surface area contributed by atoms with Crippen LogP contribution in [-0.4, -0.2) is 25.7 Å². The molecule has 5 heteroatoms. The van der Waals surface area contributed by atoms with E-state index in [1.54, 1.807) is 0 Å². The molecule has 2 aromatic carbocycles. The van der Waals surface area contributed by atoms with E-state index in [1.807, 2.05) is 37.3 Å². The Morgan fingerprint density at radius 3 is 2.42 bits per heavy atom. The maximum Gasteiger partial charge on any atom is 0.224 e. The predicted molar refractivity (Wildman–Crippen MR) is 124 cm³/mol. The highest BCUT2D eigenvalue weighted by atomic mass is 16.5. The number of ether oxygens (including phenoxy) is 2. The van der Waals surface area contributed by atoms with Crippen LogP contribution in [0.15, 0.2) is 48.5 Å². The molecular weight excluding hydrogens is 388 g/mol. The summed E-state index contributed by atoms with van der Waals surface area (Å²) >= 11 is 0. The molecule has 2 unspecified atom stereocenters. The zero-order valence-corrected chi connectivity index (χ0v) is 19.2. The number of rotatable bonds is 9. The second kappa shape index (κ2) is 10.7. The van der Waals surface area contributed by atoms with Crippen LogP contribution in [0, 0.1) is 11.8 Å². The summed E-state index contributed by atoms with van der Waals surface area (Å²) in [5, 5.41) is 6.80. The smallest absolute Gasteiger partial charge is 0.224 e. The number of carbonyl (C=O) groups is 1. The van der Waals surface area contributed by atoms with E-state index in [0.717, 1.165) is 36.4 Å². The van der Waals surface area contributed by atoms with Gasteiger partial charge >= 0.3 is 0 Å². The SMILES string of the molecule is CCC(NC(=O)C(C)CNCc1ccccc1)(c1ccc2c(c1)OCCCO2)C(C)C. The third-order valence-electron chi connectivity index (χ3n) is 6.22. The third kappa shape index (κ3) is 5.59. The van der Waals surface area contributed by atoms with Crippen LogP contribution < -0.4 is 20.1 Å². The molecule has 1 aliphatic rings. The van der Waals surface area contributed by atoms with Crippen molar-refractivity contribution in [1.82, 2.24) is 10.6 Å². The summed E-state index contributed by atoms with van der Waals surface area (Å²) in [5.74, 6) is 1.67. The fourth-order valence-corrected chi connectivity index (χ4v) is 4.16. The van der Waals surface area contributed by atoms with Crippen molar-refractivity contribution in [2.75, 3.05) is 19.8 Å². The van der Waals surface area contributed by atoms with Gasteiger partial charge in [-0.05, 0) is 35.6 Å². The minimum atomic E-state index is -0.463. The zero-order valence-electron chi connectivity index (χ0n) is 19.2. The van der Waals surface area contributed by atoms with Gasteiger partial charge in [0.2, 0.25) is 5.91 Å². The van der Waals surface area contributed by atoms with Crippen LogP contribution in [0.25, 0.3) is 0 Å². The molecule has 168 valence electrons. The van der Waals surface area contributed by atoms with Crippen molar-refractivity contribution in [2.24, 2.45) is 11.8 Å². The number of fused-ring (bicyclic) bond motifs is 1. The van der Waals surface area contributed by atoms with Crippen LogP contribution in [0.2, 0.25) is 0 Å². The Bertz CT molecular complexity index is 853. The molecule has 2 N–H and O–H groups in total. The molecule has 1 heterocycles. The fraction of sp³-hybridized carbons (Fsp3) is 0.500. The van der Waals surface area contributed by atoms with E-state index in [4.69, 9.17) is 9.47 Å². The standard InChI is InChI=1S/C26H36N2O3/c1-5-26(19(2)3,22-12-13-23-24(16-22)31-15-9-14-30-23)28-25(29)20(4)17-27-18-21-10-7-6-8-11-21/h6-8,10-13,16,19-20,27H,5,9,14-15,17-18H2,1-4H3,(H,28,29). The number of carbonyl (C=O) groups excluding carboxylic acids is 1. The Labute approximate surface area is 186 Å². The summed E-state index contributed by atoms with van der Waals surface area (Å²) in [7, 11) is 0. The van der Waals surface area contributed by atoms with Gasteiger partial charge in [-0.3, -0.25) is 4.79 Å². The number of amides is 1. The van der Waals surface area contributed by atoms with E-state index in [9.17, 15) is 4.79 Å². The Hall–Kier alpha value is -2.53. The van der Waals surface area contributed by atoms with Gasteiger partial charge in [-0.1, -0.05) is 64.1 Å². The molecule has 0 saturated heterocycles. The highest BCUT2D eigenvalue weighted by molar-refractivity contribution is 5.79. The van der Waals surface area contributed by atoms with Crippen molar-refractivity contribution < 1.29 is 14.3 Å². The van der Waals surface area contributed by atoms with E-state index in [0.29, 0.717) is 19.8 Å². The number of nitrogens with one attached hydrogen (secondary N) is 2. The lowest BCUT2D eigenvalue weighted by Gasteiger charge is -2.39. The molecule has 1 aliphatic heterocycles. The monoisotopic (exact) mass is 424 g/mol. The fourth-order valence-electron chi connectivity index (χ4n) is 4.16. The van der Waals surface area contributed by atoms with Crippen molar-refractivity contribution in [1.29, 1.82) is 0 Å². The second-order valence-electron chi connectivity index (χ2n) is 8.70. The highest BCUT2D eigenvalue weighted by Gasteiger charge is 2.37. The number of hydrogen-bond donors (Lipinski definition) is 2. The molecule has 0 aliphatic carbocycles. The molecule has 0 spiro atoms. The molecule has 2 aromatic rings. The lowest BCUT2D eigenvalue weighted by Crippen LogP contribution is -2.51. The maximum absolute atomic E-state index is 13.2. The Morgan fingerprint density at radius 2 is 1.74 bits per heavy atom. The normalized spacial score (nSPS) is 16.3. The largest absolute Gasteiger partial charge is 0.490 e. The zero-order chi connectivity index (χ0) is 22.3. The van der Waals surface area contributed by atoms with Crippen molar-refractivity contribution in [3.8, 4) is 11.5 Å². The quantitative estimate of drug-likeness (QED) is 0.615. The summed E-state index contributed by atoms with van der Waals surface area (Å²) in [5.41, 5.74) is 1.81. The van der Waals surface area contributed by atoms with E-state index in [1.165, 1.54) is 5.56 Å². The highest BCUT2D eigenvalue weighted by Crippen LogP contribution is 2.39. The molecule has 1 amide bonds. The van der Waals surface area contributed by atoms with Crippen LogP contribution in [0.4, 0.5) is 0 Å². The van der Waals surface area contributed by atoms with Crippen LogP contribution in [-0.2, 0) is 16.9 Å². The van der Waals surface area contributed by atoms with Crippen molar-refractivity contribution in [3.05, 3.63) is 59.7 Å². The van der Waals surface area contributed by atoms with Gasteiger partial charge in [-0.15, -0.1) is 0 Å². The Balaban J connectivity index is 1.71. The average Bonchev–Trinajstić information content (AvgIpc) is 3.02. The third-order valence-corrected chi connectivity index (χ3v) is 6.22. The number of hydrogen-bond acceptors (Lipinski definition) is 4. The molecule has 0 aromatic heterocycles. The van der Waals surface area contributed by atoms with Crippen molar-refractivity contribution >= 4 is 5.91 Å². The van der Waals surface area contributed by atoms with Gasteiger partial charge in [0.15, 0.2) is 11.5 Å². The molecule has 5 nitrogen and oxygen atoms in total. The molecule has 2 atom stereocenters. The molecule has 31 heavy (non-hydrogen) atoms. The summed E-state index contributed by atoms with van der Waals surface area (Å²) in [4.78, 5) is 13.2. The first-order chi connectivity index (χ1) is 15.0. The summed E-state index contributed by atoms with van der Waals surface area (Å²) in [6.45, 7) is 11.1. The first-order valence-corrected chi connectivity index (χ1v) is 11.4. The van der Waals surface area contributed by atoms with Gasteiger partial charge in [0.25, 0.3) is 0 Å². The van der Waals surface area contributed by atoms with Gasteiger partial charge < -0.3 is 20.1 Å². The van der Waals surface area contributed by atoms with Gasteiger partial charge in [-0.2, -0.15) is 0 Å². The first kappa shape index (κ1) is 23.1. The average molecular weight is 425 g/mol. The van der Waals surface area contributed by atoms with E-state index in [2.05, 4.69) is 49.6 Å². The minimum Gasteiger partial charge on any atom is -0.490 e. The summed E-state index contributed by atoms with van der Waals surface area (Å²) in [6.07, 6.45) is 1.66. The summed E-state index contributed by atoms with van der Waals surface area (Å²) in [6, 6.07) is 16.3. The van der Waals surface area contributed by atoms with Crippen LogP contribution in [0.3, 0.4) is 0 Å². The first-order valence-electron chi connectivity index (χ1n) is 11.4. The van der Waals surface area contributed by atoms with Gasteiger partial charge in [-0.25, -0.2) is 0 Å². The van der Waals surface area contributed by atoms with Crippen LogP contribution >= 0.6 is 0 Å². The Morgan fingerprint density at radius 1 is 1.03 bits per heavy atom. The number of benzene rings is 2. The van der Waals surface area contributed by atoms with Gasteiger partial charge in [0.1, 0.15) is 0 Å². The lowest BCUT2D eigenvalue weighted by atomic mass is 9.77. The topological polar surface area (TPSA) is 59.6 Å². The molecule has 0 fully saturated rings. The van der Waals surface area contributed by atoms with Crippen molar-refractivity contribution in [3.63, 3.8) is 0 Å². The lowest BCUT2D eigenvalue weighted by molar-refractivity contribution is -0.127. The second-order valence-corrected chi connectivity index (χ2v) is 8.70. The van der Waals surface area contributed by atoms with E-state index < -0.39 is 5.54 Å². The summed E-state index contributed by atoms with van der Waals surface area (Å²) < 4.78 is 11.7. The molecule has 3 rings (SSSR count). The van der Waals surface area contributed by atoms with Crippen LogP contribution in [0.5, 0.6) is 11.5 Å². The van der Waals surface area contributed by atoms with E-state index >= 15 is 0 Å². The minimum absolute atomic E-state index is 0.0585. The van der Waals surface area contributed by atoms with Crippen molar-refractivity contribution in [2.45, 2.75) is 52.6 Å². The Kier molecular flexibility index (Phi) is 7.97. The maximum atomic E-state index is 13.2. The predicted octanol–water partition coefficient (Wildman–Crippen LogP) is 4.65.